The molecule has 0 aromatic carbocycles. The fourth-order valence-corrected chi connectivity index (χ4v) is 1.71. The number of rotatable bonds is 3. The van der Waals surface area contributed by atoms with E-state index in [1.54, 1.807) is 0 Å². The fourth-order valence-electron chi connectivity index (χ4n) is 1.71. The third-order valence-corrected chi connectivity index (χ3v) is 2.52. The molecule has 0 amide bonds. The van der Waals surface area contributed by atoms with Crippen molar-refractivity contribution in [2.75, 3.05) is 33.4 Å². The number of nitrogens with zero attached hydrogens (tertiary/aromatic N) is 1. The van der Waals surface area contributed by atoms with Crippen molar-refractivity contribution in [2.45, 2.75) is 19.0 Å². The SMILES string of the molecule is COC(=O)C(CN)N1CCOCC1C. The molecule has 1 saturated heterocycles. The fraction of sp³-hybridized carbons (Fsp3) is 0.889. The lowest BCUT2D eigenvalue weighted by molar-refractivity contribution is -0.150. The Kier molecular flexibility index (Phi) is 4.31. The quantitative estimate of drug-likeness (QED) is 0.607. The van der Waals surface area contributed by atoms with Crippen LogP contribution in [0.2, 0.25) is 0 Å². The van der Waals surface area contributed by atoms with Crippen molar-refractivity contribution in [3.8, 4) is 0 Å². The van der Waals surface area contributed by atoms with Gasteiger partial charge in [0.1, 0.15) is 6.04 Å². The highest BCUT2D eigenvalue weighted by atomic mass is 16.5. The third-order valence-electron chi connectivity index (χ3n) is 2.52. The molecule has 0 radical (unpaired) electrons. The van der Waals surface area contributed by atoms with Crippen molar-refractivity contribution in [1.29, 1.82) is 0 Å². The average molecular weight is 202 g/mol. The summed E-state index contributed by atoms with van der Waals surface area (Å²) in [7, 11) is 1.39. The summed E-state index contributed by atoms with van der Waals surface area (Å²) in [6, 6.07) is -0.115. The molecule has 82 valence electrons. The number of ether oxygens (including phenoxy) is 2. The largest absolute Gasteiger partial charge is 0.468 e. The maximum absolute atomic E-state index is 11.4. The van der Waals surface area contributed by atoms with Gasteiger partial charge >= 0.3 is 5.97 Å². The maximum atomic E-state index is 11.4. The van der Waals surface area contributed by atoms with Crippen LogP contribution in [-0.2, 0) is 14.3 Å². The molecular formula is C9H18N2O3. The van der Waals surface area contributed by atoms with Gasteiger partial charge in [0.25, 0.3) is 0 Å². The van der Waals surface area contributed by atoms with Crippen LogP contribution in [0.3, 0.4) is 0 Å². The van der Waals surface area contributed by atoms with E-state index < -0.39 is 0 Å². The number of carbonyl (C=O) groups excluding carboxylic acids is 1. The normalized spacial score (nSPS) is 25.8. The summed E-state index contributed by atoms with van der Waals surface area (Å²) in [6.45, 7) is 4.34. The van der Waals surface area contributed by atoms with Crippen molar-refractivity contribution in [2.24, 2.45) is 5.73 Å². The monoisotopic (exact) mass is 202 g/mol. The zero-order chi connectivity index (χ0) is 10.6. The van der Waals surface area contributed by atoms with Gasteiger partial charge < -0.3 is 15.2 Å². The second-order valence-electron chi connectivity index (χ2n) is 3.44. The molecule has 2 unspecified atom stereocenters. The molecule has 0 saturated carbocycles. The number of nitrogens with two attached hydrogens (primary N) is 1. The Hall–Kier alpha value is -0.650. The molecule has 0 aliphatic carbocycles. The molecule has 5 nitrogen and oxygen atoms in total. The van der Waals surface area contributed by atoms with E-state index in [0.717, 1.165) is 6.54 Å². The predicted octanol–water partition coefficient (Wildman–Crippen LogP) is -0.793. The van der Waals surface area contributed by atoms with Crippen molar-refractivity contribution < 1.29 is 14.3 Å². The second-order valence-corrected chi connectivity index (χ2v) is 3.44. The lowest BCUT2D eigenvalue weighted by atomic mass is 10.1. The highest BCUT2D eigenvalue weighted by Crippen LogP contribution is 2.11. The van der Waals surface area contributed by atoms with E-state index in [2.05, 4.69) is 0 Å². The van der Waals surface area contributed by atoms with Gasteiger partial charge in [-0.1, -0.05) is 0 Å². The zero-order valence-electron chi connectivity index (χ0n) is 8.73. The number of esters is 1. The van der Waals surface area contributed by atoms with Gasteiger partial charge in [0, 0.05) is 19.1 Å². The first-order chi connectivity index (χ1) is 6.70. The van der Waals surface area contributed by atoms with E-state index in [4.69, 9.17) is 15.2 Å². The van der Waals surface area contributed by atoms with Gasteiger partial charge in [-0.15, -0.1) is 0 Å². The minimum absolute atomic E-state index is 0.219. The van der Waals surface area contributed by atoms with Crippen LogP contribution in [0.5, 0.6) is 0 Å². The summed E-state index contributed by atoms with van der Waals surface area (Å²) >= 11 is 0. The van der Waals surface area contributed by atoms with E-state index >= 15 is 0 Å². The average Bonchev–Trinajstić information content (AvgIpc) is 2.21. The Bertz CT molecular complexity index is 198. The summed E-state index contributed by atoms with van der Waals surface area (Å²) < 4.78 is 9.99. The lowest BCUT2D eigenvalue weighted by Crippen LogP contribution is -2.55. The van der Waals surface area contributed by atoms with Gasteiger partial charge in [-0.25, -0.2) is 0 Å². The second kappa shape index (κ2) is 5.29. The molecule has 1 aliphatic heterocycles. The van der Waals surface area contributed by atoms with Gasteiger partial charge in [0.05, 0.1) is 20.3 Å². The molecular weight excluding hydrogens is 184 g/mol. The highest BCUT2D eigenvalue weighted by molar-refractivity contribution is 5.76. The maximum Gasteiger partial charge on any atom is 0.324 e. The Balaban J connectivity index is 2.61. The minimum Gasteiger partial charge on any atom is -0.468 e. The Morgan fingerprint density at radius 1 is 1.79 bits per heavy atom. The molecule has 0 spiro atoms. The molecule has 1 aliphatic rings. The minimum atomic E-state index is -0.334. The highest BCUT2D eigenvalue weighted by Gasteiger charge is 2.30. The molecule has 0 aromatic rings. The molecule has 0 bridgehead atoms. The number of methoxy groups -OCH3 is 1. The van der Waals surface area contributed by atoms with Crippen molar-refractivity contribution in [1.82, 2.24) is 4.90 Å². The summed E-state index contributed by atoms with van der Waals surface area (Å²) in [4.78, 5) is 13.4. The van der Waals surface area contributed by atoms with Gasteiger partial charge in [0.2, 0.25) is 0 Å². The van der Waals surface area contributed by atoms with E-state index in [1.807, 2.05) is 11.8 Å². The van der Waals surface area contributed by atoms with Crippen LogP contribution < -0.4 is 5.73 Å². The molecule has 1 fully saturated rings. The van der Waals surface area contributed by atoms with Gasteiger partial charge in [-0.2, -0.15) is 0 Å². The summed E-state index contributed by atoms with van der Waals surface area (Å²) in [5, 5.41) is 0. The molecule has 2 N–H and O–H groups in total. The zero-order valence-corrected chi connectivity index (χ0v) is 8.73. The third kappa shape index (κ3) is 2.43. The van der Waals surface area contributed by atoms with Crippen LogP contribution >= 0.6 is 0 Å². The molecule has 0 aromatic heterocycles. The Labute approximate surface area is 84.1 Å². The molecule has 2 atom stereocenters. The van der Waals surface area contributed by atoms with Gasteiger partial charge in [-0.3, -0.25) is 9.69 Å². The molecule has 14 heavy (non-hydrogen) atoms. The lowest BCUT2D eigenvalue weighted by Gasteiger charge is -2.37. The van der Waals surface area contributed by atoms with Crippen LogP contribution in [0, 0.1) is 0 Å². The Morgan fingerprint density at radius 2 is 2.50 bits per heavy atom. The summed E-state index contributed by atoms with van der Waals surface area (Å²) in [5.41, 5.74) is 5.56. The van der Waals surface area contributed by atoms with E-state index in [1.165, 1.54) is 7.11 Å². The molecule has 1 rings (SSSR count). The van der Waals surface area contributed by atoms with Crippen molar-refractivity contribution >= 4 is 5.97 Å². The standard InChI is InChI=1S/C9H18N2O3/c1-7-6-14-4-3-11(7)8(5-10)9(12)13-2/h7-8H,3-6,10H2,1-2H3. The summed E-state index contributed by atoms with van der Waals surface area (Å²) in [6.07, 6.45) is 0. The van der Waals surface area contributed by atoms with Gasteiger partial charge in [0.15, 0.2) is 0 Å². The number of hydrogen-bond acceptors (Lipinski definition) is 5. The number of carbonyl (C=O) groups is 1. The van der Waals surface area contributed by atoms with Crippen molar-refractivity contribution in [3.05, 3.63) is 0 Å². The first-order valence-corrected chi connectivity index (χ1v) is 4.82. The van der Waals surface area contributed by atoms with Crippen LogP contribution in [0.4, 0.5) is 0 Å². The van der Waals surface area contributed by atoms with Crippen molar-refractivity contribution in [3.63, 3.8) is 0 Å². The van der Waals surface area contributed by atoms with Crippen LogP contribution in [0.25, 0.3) is 0 Å². The van der Waals surface area contributed by atoms with Crippen LogP contribution in [0.1, 0.15) is 6.92 Å². The molecule has 5 heteroatoms. The Morgan fingerprint density at radius 3 is 3.00 bits per heavy atom. The topological polar surface area (TPSA) is 64.8 Å². The predicted molar refractivity (Wildman–Crippen MR) is 51.8 cm³/mol. The van der Waals surface area contributed by atoms with Gasteiger partial charge in [-0.05, 0) is 6.92 Å². The number of hydrogen-bond donors (Lipinski definition) is 1. The van der Waals surface area contributed by atoms with Crippen LogP contribution in [-0.4, -0.2) is 56.4 Å². The van der Waals surface area contributed by atoms with E-state index in [-0.39, 0.29) is 24.6 Å². The van der Waals surface area contributed by atoms with E-state index in [0.29, 0.717) is 13.2 Å². The molecule has 1 heterocycles. The smallest absolute Gasteiger partial charge is 0.324 e. The van der Waals surface area contributed by atoms with Crippen LogP contribution in [0.15, 0.2) is 0 Å². The number of morpholine rings is 1. The summed E-state index contributed by atoms with van der Waals surface area (Å²) in [5.74, 6) is -0.263. The first-order valence-electron chi connectivity index (χ1n) is 4.82. The van der Waals surface area contributed by atoms with E-state index in [9.17, 15) is 4.79 Å². The first kappa shape index (κ1) is 11.4.